The van der Waals surface area contributed by atoms with Gasteiger partial charge in [0.15, 0.2) is 6.19 Å². The maximum atomic E-state index is 13.3. The fraction of sp³-hybridized carbons (Fsp3) is 0.280. The molecule has 168 valence electrons. The van der Waals surface area contributed by atoms with Crippen LogP contribution in [0.3, 0.4) is 0 Å². The number of piperazine rings is 1. The summed E-state index contributed by atoms with van der Waals surface area (Å²) >= 11 is 0. The molecule has 2 heterocycles. The summed E-state index contributed by atoms with van der Waals surface area (Å²) in [5.74, 6) is 0.503. The molecule has 1 fully saturated rings. The van der Waals surface area contributed by atoms with Crippen LogP contribution in [-0.2, 0) is 11.3 Å². The van der Waals surface area contributed by atoms with Crippen molar-refractivity contribution in [2.75, 3.05) is 19.6 Å². The number of aliphatic imine (C=N–C) groups is 1. The molecule has 0 spiro atoms. The second kappa shape index (κ2) is 10.0. The molecule has 8 nitrogen and oxygen atoms in total. The highest BCUT2D eigenvalue weighted by atomic mass is 16.2. The molecule has 3 aromatic rings. The van der Waals surface area contributed by atoms with Crippen LogP contribution in [0.2, 0.25) is 0 Å². The summed E-state index contributed by atoms with van der Waals surface area (Å²) in [6, 6.07) is 19.5. The van der Waals surface area contributed by atoms with Crippen molar-refractivity contribution in [2.24, 2.45) is 4.99 Å². The van der Waals surface area contributed by atoms with Gasteiger partial charge in [0, 0.05) is 31.5 Å². The Labute approximate surface area is 193 Å². The van der Waals surface area contributed by atoms with Gasteiger partial charge in [0.25, 0.3) is 0 Å². The van der Waals surface area contributed by atoms with Gasteiger partial charge in [-0.05, 0) is 37.1 Å². The van der Waals surface area contributed by atoms with Crippen LogP contribution < -0.4 is 5.32 Å². The number of para-hydroxylation sites is 1. The Hall–Kier alpha value is -4.12. The third-order valence-corrected chi connectivity index (χ3v) is 5.91. The van der Waals surface area contributed by atoms with Gasteiger partial charge in [-0.2, -0.15) is 10.4 Å². The van der Waals surface area contributed by atoms with Gasteiger partial charge in [0.2, 0.25) is 11.9 Å². The number of guanidine groups is 1. The Morgan fingerprint density at radius 1 is 1.12 bits per heavy atom. The van der Waals surface area contributed by atoms with E-state index in [1.807, 2.05) is 90.5 Å². The molecule has 1 N–H and O–H groups in total. The highest BCUT2D eigenvalue weighted by Crippen LogP contribution is 2.27. The van der Waals surface area contributed by atoms with Crippen molar-refractivity contribution in [1.29, 1.82) is 5.26 Å². The minimum Gasteiger partial charge on any atom is -0.338 e. The summed E-state index contributed by atoms with van der Waals surface area (Å²) in [4.78, 5) is 22.0. The van der Waals surface area contributed by atoms with Gasteiger partial charge in [0.1, 0.15) is 6.54 Å². The number of nitrogens with one attached hydrogen (secondary N) is 1. The Balaban J connectivity index is 1.62. The van der Waals surface area contributed by atoms with E-state index in [9.17, 15) is 10.1 Å². The quantitative estimate of drug-likeness (QED) is 0.291. The molecular formula is C25H27N7O. The molecule has 1 aromatic heterocycles. The predicted octanol–water partition coefficient (Wildman–Crippen LogP) is 3.14. The van der Waals surface area contributed by atoms with Crippen LogP contribution in [0, 0.1) is 25.3 Å². The lowest BCUT2D eigenvalue weighted by Gasteiger charge is -2.42. The van der Waals surface area contributed by atoms with Crippen LogP contribution in [0.1, 0.15) is 22.9 Å². The van der Waals surface area contributed by atoms with E-state index in [0.29, 0.717) is 25.6 Å². The monoisotopic (exact) mass is 441 g/mol. The van der Waals surface area contributed by atoms with Crippen LogP contribution in [0.15, 0.2) is 71.9 Å². The van der Waals surface area contributed by atoms with Crippen LogP contribution in [0.25, 0.3) is 0 Å². The van der Waals surface area contributed by atoms with Gasteiger partial charge >= 0.3 is 0 Å². The number of aromatic nitrogens is 2. The average Bonchev–Trinajstić information content (AvgIpc) is 3.24. The highest BCUT2D eigenvalue weighted by molar-refractivity contribution is 5.85. The van der Waals surface area contributed by atoms with E-state index in [4.69, 9.17) is 4.99 Å². The van der Waals surface area contributed by atoms with Gasteiger partial charge in [0.05, 0.1) is 11.7 Å². The lowest BCUT2D eigenvalue weighted by molar-refractivity contribution is -0.136. The first-order valence-corrected chi connectivity index (χ1v) is 10.9. The van der Waals surface area contributed by atoms with Crippen molar-refractivity contribution >= 4 is 17.6 Å². The minimum absolute atomic E-state index is 0.0148. The van der Waals surface area contributed by atoms with Crippen LogP contribution in [-0.4, -0.2) is 51.1 Å². The van der Waals surface area contributed by atoms with Crippen LogP contribution >= 0.6 is 0 Å². The fourth-order valence-electron chi connectivity index (χ4n) is 4.05. The molecule has 4 rings (SSSR count). The van der Waals surface area contributed by atoms with Gasteiger partial charge < -0.3 is 9.80 Å². The number of benzene rings is 2. The summed E-state index contributed by atoms with van der Waals surface area (Å²) in [6.45, 7) is 5.72. The largest absolute Gasteiger partial charge is 0.338 e. The van der Waals surface area contributed by atoms with Crippen LogP contribution in [0.4, 0.5) is 5.69 Å². The van der Waals surface area contributed by atoms with Crippen molar-refractivity contribution < 1.29 is 4.79 Å². The maximum absolute atomic E-state index is 13.3. The zero-order valence-corrected chi connectivity index (χ0v) is 18.8. The molecule has 1 aliphatic heterocycles. The van der Waals surface area contributed by atoms with Gasteiger partial charge in [-0.1, -0.05) is 48.5 Å². The van der Waals surface area contributed by atoms with E-state index in [-0.39, 0.29) is 18.5 Å². The van der Waals surface area contributed by atoms with Gasteiger partial charge in [-0.25, -0.2) is 4.99 Å². The Bertz CT molecular complexity index is 1180. The number of hydrogen-bond donors (Lipinski definition) is 1. The summed E-state index contributed by atoms with van der Waals surface area (Å²) in [5, 5.41) is 16.4. The number of carbonyl (C=O) groups excluding carboxylic acids is 1. The second-order valence-corrected chi connectivity index (χ2v) is 8.05. The lowest BCUT2D eigenvalue weighted by Crippen LogP contribution is -2.55. The zero-order chi connectivity index (χ0) is 23.2. The third-order valence-electron chi connectivity index (χ3n) is 5.91. The standard InChI is InChI=1S/C25H27N7O/c1-19-8-6-7-11-22(19)29-25(27-18-26)30-14-15-31(23(16-30)21-9-4-3-5-10-21)24(33)17-32-20(2)12-13-28-32/h3-13,23H,14-17H2,1-2H3,(H,27,29). The Morgan fingerprint density at radius 3 is 2.58 bits per heavy atom. The first kappa shape index (κ1) is 22.1. The molecule has 0 radical (unpaired) electrons. The summed E-state index contributed by atoms with van der Waals surface area (Å²) < 4.78 is 1.72. The summed E-state index contributed by atoms with van der Waals surface area (Å²) in [7, 11) is 0. The number of rotatable bonds is 4. The fourth-order valence-corrected chi connectivity index (χ4v) is 4.05. The number of amides is 1. The number of carbonyl (C=O) groups is 1. The number of nitrogens with zero attached hydrogens (tertiary/aromatic N) is 6. The van der Waals surface area contributed by atoms with E-state index in [2.05, 4.69) is 10.4 Å². The van der Waals surface area contributed by atoms with Crippen molar-refractivity contribution in [2.45, 2.75) is 26.4 Å². The molecule has 33 heavy (non-hydrogen) atoms. The molecule has 1 saturated heterocycles. The minimum atomic E-state index is -0.175. The van der Waals surface area contributed by atoms with E-state index < -0.39 is 0 Å². The highest BCUT2D eigenvalue weighted by Gasteiger charge is 2.33. The molecule has 0 bridgehead atoms. The molecule has 0 saturated carbocycles. The van der Waals surface area contributed by atoms with E-state index in [1.165, 1.54) is 0 Å². The number of aryl methyl sites for hydroxylation is 2. The van der Waals surface area contributed by atoms with E-state index in [0.717, 1.165) is 22.5 Å². The van der Waals surface area contributed by atoms with Gasteiger partial charge in [-0.3, -0.25) is 14.8 Å². The van der Waals surface area contributed by atoms with E-state index >= 15 is 0 Å². The normalized spacial score (nSPS) is 16.4. The van der Waals surface area contributed by atoms with Crippen molar-refractivity contribution in [3.63, 3.8) is 0 Å². The molecule has 1 amide bonds. The average molecular weight is 442 g/mol. The third kappa shape index (κ3) is 5.04. The van der Waals surface area contributed by atoms with Crippen molar-refractivity contribution in [1.82, 2.24) is 24.9 Å². The molecule has 1 aliphatic rings. The molecule has 0 aliphatic carbocycles. The second-order valence-electron chi connectivity index (χ2n) is 8.05. The molecule has 2 aromatic carbocycles. The molecule has 1 atom stereocenters. The molecule has 8 heteroatoms. The van der Waals surface area contributed by atoms with Crippen molar-refractivity contribution in [3.05, 3.63) is 83.7 Å². The lowest BCUT2D eigenvalue weighted by atomic mass is 10.0. The Morgan fingerprint density at radius 2 is 1.88 bits per heavy atom. The Kier molecular flexibility index (Phi) is 6.69. The first-order valence-electron chi connectivity index (χ1n) is 10.9. The van der Waals surface area contributed by atoms with E-state index in [1.54, 1.807) is 10.9 Å². The van der Waals surface area contributed by atoms with Crippen LogP contribution in [0.5, 0.6) is 0 Å². The first-order chi connectivity index (χ1) is 16.1. The topological polar surface area (TPSA) is 89.5 Å². The van der Waals surface area contributed by atoms with Gasteiger partial charge in [-0.15, -0.1) is 0 Å². The smallest absolute Gasteiger partial charge is 0.244 e. The summed E-state index contributed by atoms with van der Waals surface area (Å²) in [6.07, 6.45) is 3.72. The summed E-state index contributed by atoms with van der Waals surface area (Å²) in [5.41, 5.74) is 3.82. The predicted molar refractivity (Wildman–Crippen MR) is 126 cm³/mol. The zero-order valence-electron chi connectivity index (χ0n) is 18.8. The number of hydrogen-bond acceptors (Lipinski definition) is 4. The number of nitriles is 1. The van der Waals surface area contributed by atoms with Crippen molar-refractivity contribution in [3.8, 4) is 6.19 Å². The molecule has 1 unspecified atom stereocenters. The SMILES string of the molecule is Cc1ccccc1N=C(NC#N)N1CCN(C(=O)Cn2nccc2C)C(c2ccccc2)C1. The molecular weight excluding hydrogens is 414 g/mol. The maximum Gasteiger partial charge on any atom is 0.244 e.